The lowest BCUT2D eigenvalue weighted by Gasteiger charge is -2.33. The summed E-state index contributed by atoms with van der Waals surface area (Å²) in [5.41, 5.74) is 5.29. The van der Waals surface area contributed by atoms with Gasteiger partial charge in [-0.3, -0.25) is 10.3 Å². The van der Waals surface area contributed by atoms with Gasteiger partial charge in [0, 0.05) is 26.2 Å². The van der Waals surface area contributed by atoms with Crippen molar-refractivity contribution in [1.82, 2.24) is 9.21 Å². The first-order valence-corrected chi connectivity index (χ1v) is 7.75. The van der Waals surface area contributed by atoms with Crippen LogP contribution in [0.4, 0.5) is 8.78 Å². The van der Waals surface area contributed by atoms with Crippen molar-refractivity contribution in [3.63, 3.8) is 0 Å². The summed E-state index contributed by atoms with van der Waals surface area (Å²) in [6.45, 7) is 1.32. The maximum absolute atomic E-state index is 13.6. The Balaban J connectivity index is 2.15. The van der Waals surface area contributed by atoms with Crippen LogP contribution in [-0.4, -0.2) is 56.2 Å². The fourth-order valence-electron chi connectivity index (χ4n) is 2.18. The van der Waals surface area contributed by atoms with Crippen molar-refractivity contribution in [1.29, 1.82) is 5.41 Å². The quantitative estimate of drug-likeness (QED) is 0.613. The number of nitrogens with zero attached hydrogens (tertiary/aromatic N) is 2. The van der Waals surface area contributed by atoms with Crippen molar-refractivity contribution >= 4 is 15.9 Å². The van der Waals surface area contributed by atoms with E-state index in [1.807, 2.05) is 4.90 Å². The molecule has 0 bridgehead atoms. The van der Waals surface area contributed by atoms with E-state index < -0.39 is 26.6 Å². The molecule has 0 radical (unpaired) electrons. The Morgan fingerprint density at radius 2 is 1.86 bits per heavy atom. The molecular weight excluding hydrogens is 302 g/mol. The van der Waals surface area contributed by atoms with Crippen LogP contribution < -0.4 is 5.73 Å². The summed E-state index contributed by atoms with van der Waals surface area (Å²) >= 11 is 0. The Kier molecular flexibility index (Phi) is 4.55. The molecule has 116 valence electrons. The molecule has 1 aliphatic heterocycles. The zero-order chi connectivity index (χ0) is 15.6. The van der Waals surface area contributed by atoms with Crippen LogP contribution in [0, 0.1) is 17.0 Å². The molecule has 2 rings (SSSR count). The van der Waals surface area contributed by atoms with Gasteiger partial charge in [0.05, 0.1) is 6.54 Å². The number of benzene rings is 1. The predicted octanol–water partition coefficient (Wildman–Crippen LogP) is 0.207. The van der Waals surface area contributed by atoms with Crippen molar-refractivity contribution < 1.29 is 17.2 Å². The topological polar surface area (TPSA) is 90.5 Å². The van der Waals surface area contributed by atoms with E-state index >= 15 is 0 Å². The van der Waals surface area contributed by atoms with Crippen LogP contribution in [0.25, 0.3) is 0 Å². The third kappa shape index (κ3) is 3.55. The molecule has 1 heterocycles. The average Bonchev–Trinajstić information content (AvgIpc) is 2.41. The van der Waals surface area contributed by atoms with E-state index in [-0.39, 0.29) is 25.5 Å². The molecule has 0 atom stereocenters. The SMILES string of the molecule is N=C(N)CN1CCN(S(=O)(=O)c2cc(F)ccc2F)CC1. The highest BCUT2D eigenvalue weighted by Crippen LogP contribution is 2.21. The van der Waals surface area contributed by atoms with Gasteiger partial charge in [0.25, 0.3) is 0 Å². The Morgan fingerprint density at radius 3 is 2.43 bits per heavy atom. The molecule has 0 unspecified atom stereocenters. The van der Waals surface area contributed by atoms with Gasteiger partial charge in [0.15, 0.2) is 0 Å². The summed E-state index contributed by atoms with van der Waals surface area (Å²) in [7, 11) is -4.06. The Morgan fingerprint density at radius 1 is 1.24 bits per heavy atom. The van der Waals surface area contributed by atoms with Crippen LogP contribution in [0.3, 0.4) is 0 Å². The third-order valence-electron chi connectivity index (χ3n) is 3.24. The highest BCUT2D eigenvalue weighted by molar-refractivity contribution is 7.89. The number of piperazine rings is 1. The number of halogens is 2. The van der Waals surface area contributed by atoms with Crippen LogP contribution >= 0.6 is 0 Å². The first kappa shape index (κ1) is 15.8. The maximum atomic E-state index is 13.6. The van der Waals surface area contributed by atoms with Gasteiger partial charge in [-0.05, 0) is 18.2 Å². The van der Waals surface area contributed by atoms with Gasteiger partial charge >= 0.3 is 0 Å². The fraction of sp³-hybridized carbons (Fsp3) is 0.417. The van der Waals surface area contributed by atoms with E-state index in [0.717, 1.165) is 16.4 Å². The highest BCUT2D eigenvalue weighted by atomic mass is 32.2. The summed E-state index contributed by atoms with van der Waals surface area (Å²) in [4.78, 5) is 1.18. The Hall–Kier alpha value is -1.58. The second kappa shape index (κ2) is 6.04. The molecule has 1 saturated heterocycles. The van der Waals surface area contributed by atoms with Crippen LogP contribution in [0.15, 0.2) is 23.1 Å². The van der Waals surface area contributed by atoms with Gasteiger partial charge in [0.2, 0.25) is 10.0 Å². The van der Waals surface area contributed by atoms with E-state index in [9.17, 15) is 17.2 Å². The van der Waals surface area contributed by atoms with Gasteiger partial charge in [0.1, 0.15) is 22.4 Å². The third-order valence-corrected chi connectivity index (χ3v) is 5.15. The molecule has 0 saturated carbocycles. The summed E-state index contributed by atoms with van der Waals surface area (Å²) < 4.78 is 52.6. The second-order valence-corrected chi connectivity index (χ2v) is 6.69. The van der Waals surface area contributed by atoms with Crippen molar-refractivity contribution in [2.75, 3.05) is 32.7 Å². The summed E-state index contributed by atoms with van der Waals surface area (Å²) in [5.74, 6) is -1.77. The zero-order valence-corrected chi connectivity index (χ0v) is 12.0. The molecule has 0 aromatic heterocycles. The molecule has 1 aliphatic rings. The lowest BCUT2D eigenvalue weighted by molar-refractivity contribution is 0.208. The molecule has 0 spiro atoms. The highest BCUT2D eigenvalue weighted by Gasteiger charge is 2.31. The summed E-state index contributed by atoms with van der Waals surface area (Å²) in [6, 6.07) is 2.36. The van der Waals surface area contributed by atoms with Gasteiger partial charge in [-0.1, -0.05) is 0 Å². The first-order chi connectivity index (χ1) is 9.80. The number of hydrogen-bond acceptors (Lipinski definition) is 4. The standard InChI is InChI=1S/C12H16F2N4O2S/c13-9-1-2-10(14)11(7-9)21(19,20)18-5-3-17(4-6-18)8-12(15)16/h1-2,7H,3-6,8H2,(H3,15,16). The zero-order valence-electron chi connectivity index (χ0n) is 11.2. The number of nitrogens with one attached hydrogen (secondary N) is 1. The summed E-state index contributed by atoms with van der Waals surface area (Å²) in [5, 5.41) is 7.20. The van der Waals surface area contributed by atoms with E-state index in [2.05, 4.69) is 0 Å². The minimum absolute atomic E-state index is 0.00230. The van der Waals surface area contributed by atoms with E-state index in [4.69, 9.17) is 11.1 Å². The molecule has 0 aliphatic carbocycles. The molecule has 21 heavy (non-hydrogen) atoms. The number of hydrogen-bond donors (Lipinski definition) is 2. The van der Waals surface area contributed by atoms with Gasteiger partial charge in [-0.25, -0.2) is 17.2 Å². The van der Waals surface area contributed by atoms with E-state index in [1.165, 1.54) is 0 Å². The number of rotatable bonds is 4. The lowest BCUT2D eigenvalue weighted by atomic mass is 10.3. The minimum Gasteiger partial charge on any atom is -0.387 e. The molecule has 0 amide bonds. The molecule has 6 nitrogen and oxygen atoms in total. The van der Waals surface area contributed by atoms with Crippen LogP contribution in [0.5, 0.6) is 0 Å². The molecule has 9 heteroatoms. The van der Waals surface area contributed by atoms with Gasteiger partial charge in [-0.15, -0.1) is 0 Å². The largest absolute Gasteiger partial charge is 0.387 e. The predicted molar refractivity (Wildman–Crippen MR) is 73.5 cm³/mol. The molecular formula is C12H16F2N4O2S. The molecule has 1 aromatic carbocycles. The fourth-order valence-corrected chi connectivity index (χ4v) is 3.68. The van der Waals surface area contributed by atoms with Crippen LogP contribution in [0.1, 0.15) is 0 Å². The monoisotopic (exact) mass is 318 g/mol. The van der Waals surface area contributed by atoms with Crippen LogP contribution in [-0.2, 0) is 10.0 Å². The van der Waals surface area contributed by atoms with Crippen molar-refractivity contribution in [2.24, 2.45) is 5.73 Å². The Bertz CT molecular complexity index is 643. The van der Waals surface area contributed by atoms with Crippen molar-refractivity contribution in [2.45, 2.75) is 4.90 Å². The van der Waals surface area contributed by atoms with Crippen molar-refractivity contribution in [3.8, 4) is 0 Å². The van der Waals surface area contributed by atoms with Crippen molar-refractivity contribution in [3.05, 3.63) is 29.8 Å². The van der Waals surface area contributed by atoms with Crippen LogP contribution in [0.2, 0.25) is 0 Å². The molecule has 3 N–H and O–H groups in total. The number of nitrogens with two attached hydrogens (primary N) is 1. The minimum atomic E-state index is -4.06. The van der Waals surface area contributed by atoms with Gasteiger partial charge < -0.3 is 5.73 Å². The molecule has 1 aromatic rings. The number of amidine groups is 1. The van der Waals surface area contributed by atoms with E-state index in [0.29, 0.717) is 19.2 Å². The average molecular weight is 318 g/mol. The second-order valence-electron chi connectivity index (χ2n) is 4.78. The smallest absolute Gasteiger partial charge is 0.246 e. The maximum Gasteiger partial charge on any atom is 0.246 e. The summed E-state index contributed by atoms with van der Waals surface area (Å²) in [6.07, 6.45) is 0. The number of sulfonamides is 1. The van der Waals surface area contributed by atoms with E-state index in [1.54, 1.807) is 0 Å². The molecule has 1 fully saturated rings. The first-order valence-electron chi connectivity index (χ1n) is 6.31. The Labute approximate surface area is 121 Å². The lowest BCUT2D eigenvalue weighted by Crippen LogP contribution is -2.50. The normalized spacial score (nSPS) is 17.8. The van der Waals surface area contributed by atoms with Gasteiger partial charge in [-0.2, -0.15) is 4.31 Å².